The summed E-state index contributed by atoms with van der Waals surface area (Å²) in [5.41, 5.74) is 2.69. The first-order valence-corrected chi connectivity index (χ1v) is 4.11. The first-order valence-electron chi connectivity index (χ1n) is 4.11. The molecule has 5 radical (unpaired) electrons. The maximum Gasteiger partial charge on any atom is 0.165 e. The molecule has 1 aliphatic heterocycles. The monoisotopic (exact) mass is 452 g/mol. The van der Waals surface area contributed by atoms with Crippen molar-refractivity contribution in [2.75, 3.05) is 0 Å². The largest absolute Gasteiger partial charge is 0.550 e. The van der Waals surface area contributed by atoms with Gasteiger partial charge in [0.05, 0.1) is 0 Å². The fourth-order valence-electron chi connectivity index (χ4n) is 0.196. The van der Waals surface area contributed by atoms with Gasteiger partial charge in [-0.05, 0) is 20.8 Å². The smallest absolute Gasteiger partial charge is 0.165 e. The minimum absolute atomic E-state index is 0. The molecule has 0 saturated heterocycles. The number of aliphatic carboxylic acids is 3. The number of ether oxygens (including phenoxy) is 1. The fourth-order valence-corrected chi connectivity index (χ4v) is 0.196. The zero-order chi connectivity index (χ0) is 14.3. The van der Waals surface area contributed by atoms with Crippen molar-refractivity contribution < 1.29 is 34.4 Å². The normalized spacial score (nSPS) is 8.61. The third-order valence-corrected chi connectivity index (χ3v) is 0.379. The van der Waals surface area contributed by atoms with Crippen LogP contribution < -0.4 is 15.3 Å². The van der Waals surface area contributed by atoms with E-state index in [1.807, 2.05) is 0 Å². The maximum atomic E-state index is 8.89. The molecule has 0 spiro atoms. The molecule has 8 heteroatoms. The summed E-state index contributed by atoms with van der Waals surface area (Å²) in [4.78, 5) is 26.7. The molecular weight excluding hydrogens is 439 g/mol. The molecule has 18 heavy (non-hydrogen) atoms. The number of rotatable bonds is 0. The van der Waals surface area contributed by atoms with Crippen LogP contribution in [0.1, 0.15) is 20.8 Å². The van der Waals surface area contributed by atoms with Crippen LogP contribution in [0.15, 0.2) is 18.1 Å². The Morgan fingerprint density at radius 3 is 1.28 bits per heavy atom. The van der Waals surface area contributed by atoms with Gasteiger partial charge in [0, 0.05) is 51.3 Å². The van der Waals surface area contributed by atoms with E-state index >= 15 is 0 Å². The maximum absolute atomic E-state index is 8.89. The Labute approximate surface area is 125 Å². The second-order valence-electron chi connectivity index (χ2n) is 2.20. The van der Waals surface area contributed by atoms with Crippen molar-refractivity contribution >= 4 is 45.2 Å². The van der Waals surface area contributed by atoms with Crippen LogP contribution >= 0.6 is 0 Å². The van der Waals surface area contributed by atoms with Gasteiger partial charge in [-0.1, -0.05) is 5.73 Å². The molecule has 0 N–H and O–H groups in total. The van der Waals surface area contributed by atoms with Crippen molar-refractivity contribution in [3.63, 3.8) is 0 Å². The summed E-state index contributed by atoms with van der Waals surface area (Å²) in [6.07, 6.45) is 3.21. The molecule has 7 nitrogen and oxygen atoms in total. The summed E-state index contributed by atoms with van der Waals surface area (Å²) < 4.78 is 4.53. The topological polar surface area (TPSA) is 130 Å². The van der Waals surface area contributed by atoms with E-state index in [0.717, 1.165) is 20.8 Å². The van der Waals surface area contributed by atoms with Gasteiger partial charge in [-0.2, -0.15) is 0 Å². The first kappa shape index (κ1) is 25.5. The van der Waals surface area contributed by atoms with E-state index < -0.39 is 17.9 Å². The van der Waals surface area contributed by atoms with E-state index in [-0.39, 0.29) is 27.3 Å². The van der Waals surface area contributed by atoms with Crippen molar-refractivity contribution in [3.05, 3.63) is 24.7 Å². The quantitative estimate of drug-likeness (QED) is 0.279. The van der Waals surface area contributed by atoms with Crippen LogP contribution in [0, 0.1) is 6.61 Å². The molecule has 0 saturated carbocycles. The number of carboxylic acid groups (broad SMARTS) is 3. The number of carbonyl (C=O) groups excluding carboxylic acids is 3. The van der Waals surface area contributed by atoms with E-state index in [4.69, 9.17) is 29.7 Å². The van der Waals surface area contributed by atoms with Gasteiger partial charge in [0.1, 0.15) is 6.26 Å². The minimum atomic E-state index is -1.08. The van der Waals surface area contributed by atoms with E-state index in [1.165, 1.54) is 6.26 Å². The van der Waals surface area contributed by atoms with Crippen LogP contribution in [0.5, 0.6) is 0 Å². The summed E-state index contributed by atoms with van der Waals surface area (Å²) in [6, 6.07) is 0. The zero-order valence-electron chi connectivity index (χ0n) is 10.1. The molecule has 0 aromatic carbocycles. The number of hydrogen-bond donors (Lipinski definition) is 0. The van der Waals surface area contributed by atoms with Gasteiger partial charge in [0.25, 0.3) is 0 Å². The van der Waals surface area contributed by atoms with Crippen LogP contribution in [0.3, 0.4) is 0 Å². The molecule has 0 unspecified atom stereocenters. The number of carboxylic acids is 3. The molecule has 0 bridgehead atoms. The Hall–Kier alpha value is -1.35. The standard InChI is InChI=1S/C4H3O.3C2H4O2.Pb/c1-2-4-5-3-1;3*1-2(3)4;/h1,3-4H;3*1H3,(H,3,4);/p-3. The van der Waals surface area contributed by atoms with Gasteiger partial charge in [-0.25, -0.2) is 0 Å². The average Bonchev–Trinajstić information content (AvgIpc) is 2.53. The Kier molecular flexibility index (Phi) is 29.7. The second kappa shape index (κ2) is 21.0. The van der Waals surface area contributed by atoms with E-state index in [0.29, 0.717) is 0 Å². The van der Waals surface area contributed by atoms with Crippen molar-refractivity contribution in [3.8, 4) is 0 Å². The van der Waals surface area contributed by atoms with Crippen molar-refractivity contribution in [1.29, 1.82) is 0 Å². The van der Waals surface area contributed by atoms with E-state index in [1.54, 1.807) is 12.7 Å². The molecule has 1 heterocycles. The third-order valence-electron chi connectivity index (χ3n) is 0.379. The molecule has 0 atom stereocenters. The van der Waals surface area contributed by atoms with Gasteiger partial charge < -0.3 is 34.4 Å². The molecule has 1 aliphatic rings. The van der Waals surface area contributed by atoms with Crippen molar-refractivity contribution in [1.82, 2.24) is 0 Å². The first-order chi connectivity index (χ1) is 7.70. The van der Waals surface area contributed by atoms with Crippen LogP contribution in [0.4, 0.5) is 0 Å². The average molecular weight is 451 g/mol. The van der Waals surface area contributed by atoms with Gasteiger partial charge in [-0.15, -0.1) is 0 Å². The SMILES string of the molecule is C1=C[CH]OC=1.CC(=O)[O-].CC(=O)[O-].CC(=O)[O-].[Pb]. The summed E-state index contributed by atoms with van der Waals surface area (Å²) in [6.45, 7) is 4.49. The van der Waals surface area contributed by atoms with Gasteiger partial charge >= 0.3 is 0 Å². The van der Waals surface area contributed by atoms with Crippen LogP contribution in [0.25, 0.3) is 0 Å². The summed E-state index contributed by atoms with van der Waals surface area (Å²) in [5, 5.41) is 26.7. The third kappa shape index (κ3) is 205. The molecule has 0 aromatic rings. The summed E-state index contributed by atoms with van der Waals surface area (Å²) >= 11 is 0. The fraction of sp³-hybridized carbons (Fsp3) is 0.300. The van der Waals surface area contributed by atoms with Gasteiger partial charge in [-0.3, -0.25) is 0 Å². The molecule has 101 valence electrons. The second-order valence-corrected chi connectivity index (χ2v) is 2.20. The molecule has 0 aliphatic carbocycles. The van der Waals surface area contributed by atoms with Crippen LogP contribution in [0.2, 0.25) is 0 Å². The van der Waals surface area contributed by atoms with Crippen LogP contribution in [-0.4, -0.2) is 45.2 Å². The Morgan fingerprint density at radius 2 is 1.22 bits per heavy atom. The molecule has 0 aromatic heterocycles. The Morgan fingerprint density at radius 1 is 0.944 bits per heavy atom. The summed E-state index contributed by atoms with van der Waals surface area (Å²) in [5.74, 6) is -3.25. The van der Waals surface area contributed by atoms with Gasteiger partial charge in [0.15, 0.2) is 6.61 Å². The molecule has 0 amide bonds. The number of hydrogen-bond acceptors (Lipinski definition) is 7. The predicted octanol–water partition coefficient (Wildman–Crippen LogP) is -3.27. The van der Waals surface area contributed by atoms with Crippen LogP contribution in [-0.2, 0) is 19.1 Å². The van der Waals surface area contributed by atoms with Crippen molar-refractivity contribution in [2.45, 2.75) is 20.8 Å². The Bertz CT molecular complexity index is 244. The molecular formula is C10H12O7Pb-3. The van der Waals surface area contributed by atoms with E-state index in [2.05, 4.69) is 10.5 Å². The number of carbonyl (C=O) groups is 3. The molecule has 0 fully saturated rings. The predicted molar refractivity (Wildman–Crippen MR) is 55.8 cm³/mol. The zero-order valence-corrected chi connectivity index (χ0v) is 14.0. The Balaban J connectivity index is -0.0000000719. The van der Waals surface area contributed by atoms with Gasteiger partial charge in [0.2, 0.25) is 0 Å². The summed E-state index contributed by atoms with van der Waals surface area (Å²) in [7, 11) is 0. The van der Waals surface area contributed by atoms with Crippen molar-refractivity contribution in [2.24, 2.45) is 0 Å². The minimum Gasteiger partial charge on any atom is -0.550 e. The molecule has 1 rings (SSSR count). The van der Waals surface area contributed by atoms with E-state index in [9.17, 15) is 0 Å².